The number of hydrogen-bond acceptors (Lipinski definition) is 5. The standard InChI is InChI=1S/C14H21NO4/c1-3-15(4-2)8-11(16)9-17-12-5-6-13-14(7-12)19-10-18-13/h5-7,11,16H,3-4,8-10H2,1-2H3/t11-/m0/s1. The first kappa shape index (κ1) is 14.0. The summed E-state index contributed by atoms with van der Waals surface area (Å²) in [6, 6.07) is 5.42. The second-order valence-corrected chi connectivity index (χ2v) is 4.47. The summed E-state index contributed by atoms with van der Waals surface area (Å²) in [5.74, 6) is 2.11. The zero-order valence-corrected chi connectivity index (χ0v) is 11.5. The number of ether oxygens (including phenoxy) is 3. The Kier molecular flexibility index (Phi) is 4.87. The molecule has 0 bridgehead atoms. The first-order valence-corrected chi connectivity index (χ1v) is 6.65. The second kappa shape index (κ2) is 6.63. The van der Waals surface area contributed by atoms with Crippen molar-refractivity contribution in [2.45, 2.75) is 20.0 Å². The molecule has 0 radical (unpaired) electrons. The molecule has 2 rings (SSSR count). The molecule has 1 aromatic carbocycles. The first-order chi connectivity index (χ1) is 9.22. The van der Waals surface area contributed by atoms with Gasteiger partial charge in [-0.1, -0.05) is 13.8 Å². The van der Waals surface area contributed by atoms with Gasteiger partial charge in [-0.3, -0.25) is 0 Å². The molecule has 0 spiro atoms. The Morgan fingerprint density at radius 2 is 2.00 bits per heavy atom. The predicted octanol–water partition coefficient (Wildman–Crippen LogP) is 1.50. The van der Waals surface area contributed by atoms with E-state index >= 15 is 0 Å². The smallest absolute Gasteiger partial charge is 0.231 e. The molecule has 1 N–H and O–H groups in total. The summed E-state index contributed by atoms with van der Waals surface area (Å²) in [7, 11) is 0. The number of hydrogen-bond donors (Lipinski definition) is 1. The van der Waals surface area contributed by atoms with Crippen LogP contribution in [-0.2, 0) is 0 Å². The molecule has 1 atom stereocenters. The van der Waals surface area contributed by atoms with E-state index in [0.717, 1.165) is 18.8 Å². The summed E-state index contributed by atoms with van der Waals surface area (Å²) in [6.07, 6.45) is -0.495. The Hall–Kier alpha value is -1.46. The molecule has 0 saturated carbocycles. The zero-order valence-electron chi connectivity index (χ0n) is 11.5. The van der Waals surface area contributed by atoms with Crippen molar-refractivity contribution in [1.29, 1.82) is 0 Å². The lowest BCUT2D eigenvalue weighted by Crippen LogP contribution is -2.35. The molecule has 0 saturated heterocycles. The van der Waals surface area contributed by atoms with E-state index in [1.807, 2.05) is 12.1 Å². The van der Waals surface area contributed by atoms with Crippen molar-refractivity contribution in [3.8, 4) is 17.2 Å². The lowest BCUT2D eigenvalue weighted by atomic mass is 10.3. The van der Waals surface area contributed by atoms with Crippen molar-refractivity contribution in [3.05, 3.63) is 18.2 Å². The summed E-state index contributed by atoms with van der Waals surface area (Å²) in [4.78, 5) is 2.16. The van der Waals surface area contributed by atoms with E-state index in [9.17, 15) is 5.11 Å². The van der Waals surface area contributed by atoms with Crippen LogP contribution in [0.1, 0.15) is 13.8 Å². The molecule has 1 aliphatic heterocycles. The largest absolute Gasteiger partial charge is 0.491 e. The van der Waals surface area contributed by atoms with E-state index in [1.54, 1.807) is 6.07 Å². The number of nitrogens with zero attached hydrogens (tertiary/aromatic N) is 1. The van der Waals surface area contributed by atoms with Crippen LogP contribution in [0.5, 0.6) is 17.2 Å². The fraction of sp³-hybridized carbons (Fsp3) is 0.571. The number of benzene rings is 1. The number of fused-ring (bicyclic) bond motifs is 1. The third-order valence-corrected chi connectivity index (χ3v) is 3.15. The maximum atomic E-state index is 9.91. The molecular weight excluding hydrogens is 246 g/mol. The Labute approximate surface area is 113 Å². The van der Waals surface area contributed by atoms with Crippen LogP contribution in [0.2, 0.25) is 0 Å². The molecule has 0 unspecified atom stereocenters. The van der Waals surface area contributed by atoms with Crippen LogP contribution in [-0.4, -0.2) is 49.1 Å². The third-order valence-electron chi connectivity index (χ3n) is 3.15. The van der Waals surface area contributed by atoms with E-state index < -0.39 is 6.10 Å². The highest BCUT2D eigenvalue weighted by Gasteiger charge is 2.15. The van der Waals surface area contributed by atoms with Crippen LogP contribution in [0.3, 0.4) is 0 Å². The van der Waals surface area contributed by atoms with E-state index in [2.05, 4.69) is 18.7 Å². The van der Waals surface area contributed by atoms with E-state index in [1.165, 1.54) is 0 Å². The molecule has 5 heteroatoms. The van der Waals surface area contributed by atoms with Crippen molar-refractivity contribution in [1.82, 2.24) is 4.90 Å². The quantitative estimate of drug-likeness (QED) is 0.811. The molecule has 0 amide bonds. The molecule has 5 nitrogen and oxygen atoms in total. The first-order valence-electron chi connectivity index (χ1n) is 6.65. The van der Waals surface area contributed by atoms with Gasteiger partial charge in [0.2, 0.25) is 6.79 Å². The van der Waals surface area contributed by atoms with Gasteiger partial charge in [-0.2, -0.15) is 0 Å². The fourth-order valence-corrected chi connectivity index (χ4v) is 1.99. The number of aliphatic hydroxyl groups is 1. The minimum Gasteiger partial charge on any atom is -0.491 e. The summed E-state index contributed by atoms with van der Waals surface area (Å²) >= 11 is 0. The summed E-state index contributed by atoms with van der Waals surface area (Å²) in [5.41, 5.74) is 0. The Balaban J connectivity index is 1.81. The maximum Gasteiger partial charge on any atom is 0.231 e. The average Bonchev–Trinajstić information content (AvgIpc) is 2.89. The lowest BCUT2D eigenvalue weighted by Gasteiger charge is -2.21. The highest BCUT2D eigenvalue weighted by atomic mass is 16.7. The van der Waals surface area contributed by atoms with Gasteiger partial charge in [0.05, 0.1) is 0 Å². The van der Waals surface area contributed by atoms with Gasteiger partial charge < -0.3 is 24.2 Å². The number of rotatable bonds is 7. The van der Waals surface area contributed by atoms with Crippen LogP contribution in [0.4, 0.5) is 0 Å². The van der Waals surface area contributed by atoms with Gasteiger partial charge in [0.25, 0.3) is 0 Å². The predicted molar refractivity (Wildman–Crippen MR) is 71.9 cm³/mol. The van der Waals surface area contributed by atoms with Gasteiger partial charge in [-0.15, -0.1) is 0 Å². The van der Waals surface area contributed by atoms with Gasteiger partial charge in [0.15, 0.2) is 11.5 Å². The average molecular weight is 267 g/mol. The Morgan fingerprint density at radius 1 is 1.26 bits per heavy atom. The Morgan fingerprint density at radius 3 is 2.74 bits per heavy atom. The molecule has 0 aliphatic carbocycles. The molecule has 0 aromatic heterocycles. The maximum absolute atomic E-state index is 9.91. The van der Waals surface area contributed by atoms with Gasteiger partial charge in [-0.25, -0.2) is 0 Å². The van der Waals surface area contributed by atoms with Crippen molar-refractivity contribution >= 4 is 0 Å². The van der Waals surface area contributed by atoms with Crippen LogP contribution in [0, 0.1) is 0 Å². The lowest BCUT2D eigenvalue weighted by molar-refractivity contribution is 0.0715. The summed E-state index contributed by atoms with van der Waals surface area (Å²) in [5, 5.41) is 9.91. The highest BCUT2D eigenvalue weighted by Crippen LogP contribution is 2.35. The normalized spacial score (nSPS) is 14.7. The van der Waals surface area contributed by atoms with E-state index in [-0.39, 0.29) is 13.4 Å². The van der Waals surface area contributed by atoms with Crippen molar-refractivity contribution in [2.75, 3.05) is 33.0 Å². The Bertz CT molecular complexity index is 406. The summed E-state index contributed by atoms with van der Waals surface area (Å²) < 4.78 is 16.1. The van der Waals surface area contributed by atoms with Gasteiger partial charge in [-0.05, 0) is 25.2 Å². The van der Waals surface area contributed by atoms with Gasteiger partial charge in [0.1, 0.15) is 18.5 Å². The molecule has 0 fully saturated rings. The monoisotopic (exact) mass is 267 g/mol. The molecular formula is C14H21NO4. The second-order valence-electron chi connectivity index (χ2n) is 4.47. The van der Waals surface area contributed by atoms with E-state index in [0.29, 0.717) is 18.0 Å². The molecule has 1 aromatic rings. The van der Waals surface area contributed by atoms with Crippen LogP contribution in [0.15, 0.2) is 18.2 Å². The fourth-order valence-electron chi connectivity index (χ4n) is 1.99. The van der Waals surface area contributed by atoms with Crippen molar-refractivity contribution in [3.63, 3.8) is 0 Å². The molecule has 1 heterocycles. The summed E-state index contributed by atoms with van der Waals surface area (Å²) in [6.45, 7) is 7.16. The number of likely N-dealkylation sites (N-methyl/N-ethyl adjacent to an activating group) is 1. The van der Waals surface area contributed by atoms with Crippen molar-refractivity contribution in [2.24, 2.45) is 0 Å². The number of aliphatic hydroxyl groups excluding tert-OH is 1. The SMILES string of the molecule is CCN(CC)C[C@H](O)COc1ccc2c(c1)OCO2. The van der Waals surface area contributed by atoms with Crippen LogP contribution >= 0.6 is 0 Å². The van der Waals surface area contributed by atoms with E-state index in [4.69, 9.17) is 14.2 Å². The topological polar surface area (TPSA) is 51.2 Å². The molecule has 1 aliphatic rings. The van der Waals surface area contributed by atoms with Crippen molar-refractivity contribution < 1.29 is 19.3 Å². The van der Waals surface area contributed by atoms with Gasteiger partial charge >= 0.3 is 0 Å². The van der Waals surface area contributed by atoms with Gasteiger partial charge in [0, 0.05) is 12.6 Å². The minimum atomic E-state index is -0.495. The third kappa shape index (κ3) is 3.75. The molecule has 19 heavy (non-hydrogen) atoms. The highest BCUT2D eigenvalue weighted by molar-refractivity contribution is 5.46. The van der Waals surface area contributed by atoms with Crippen LogP contribution in [0.25, 0.3) is 0 Å². The zero-order chi connectivity index (χ0) is 13.7. The minimum absolute atomic E-state index is 0.253. The molecule has 106 valence electrons. The van der Waals surface area contributed by atoms with Crippen LogP contribution < -0.4 is 14.2 Å².